The molecule has 23 heavy (non-hydrogen) atoms. The number of carbonyl (C=O) groups excluding carboxylic acids is 1. The number of rotatable bonds is 7. The second-order valence-electron chi connectivity index (χ2n) is 6.49. The van der Waals surface area contributed by atoms with E-state index in [0.717, 1.165) is 38.4 Å². The summed E-state index contributed by atoms with van der Waals surface area (Å²) in [7, 11) is 0. The Hall–Kier alpha value is -1.43. The summed E-state index contributed by atoms with van der Waals surface area (Å²) in [6.07, 6.45) is 0.357. The highest BCUT2D eigenvalue weighted by Gasteiger charge is 2.13. The number of nitrogens with one attached hydrogen (secondary N) is 1. The fourth-order valence-corrected chi connectivity index (χ4v) is 2.86. The Balaban J connectivity index is 1.86. The lowest BCUT2D eigenvalue weighted by molar-refractivity contribution is 0.0342. The van der Waals surface area contributed by atoms with Crippen LogP contribution in [0.3, 0.4) is 0 Å². The number of nitrogens with zero attached hydrogens (tertiary/aromatic N) is 1. The summed E-state index contributed by atoms with van der Waals surface area (Å²) in [6.45, 7) is 8.67. The number of hydrogen-bond acceptors (Lipinski definition) is 4. The molecular formula is C18H28N2O3. The minimum atomic E-state index is -0.334. The quantitative estimate of drug-likeness (QED) is 0.802. The van der Waals surface area contributed by atoms with E-state index in [1.54, 1.807) is 6.92 Å². The molecule has 128 valence electrons. The van der Waals surface area contributed by atoms with Crippen LogP contribution in [0.1, 0.15) is 36.2 Å². The average molecular weight is 320 g/mol. The molecule has 1 saturated heterocycles. The van der Waals surface area contributed by atoms with Gasteiger partial charge in [0.05, 0.1) is 19.3 Å². The number of aliphatic hydroxyl groups is 1. The Morgan fingerprint density at radius 2 is 2.09 bits per heavy atom. The lowest BCUT2D eigenvalue weighted by Gasteiger charge is -2.26. The van der Waals surface area contributed by atoms with Gasteiger partial charge in [-0.25, -0.2) is 0 Å². The number of benzene rings is 1. The van der Waals surface area contributed by atoms with Crippen LogP contribution in [0.4, 0.5) is 0 Å². The molecule has 5 nitrogen and oxygen atoms in total. The Labute approximate surface area is 138 Å². The van der Waals surface area contributed by atoms with Gasteiger partial charge >= 0.3 is 0 Å². The Bertz CT molecular complexity index is 499. The van der Waals surface area contributed by atoms with Crippen LogP contribution in [0.2, 0.25) is 0 Å². The highest BCUT2D eigenvalue weighted by atomic mass is 16.5. The van der Waals surface area contributed by atoms with E-state index in [1.165, 1.54) is 0 Å². The predicted molar refractivity (Wildman–Crippen MR) is 90.3 cm³/mol. The second-order valence-corrected chi connectivity index (χ2v) is 6.49. The summed E-state index contributed by atoms with van der Waals surface area (Å²) >= 11 is 0. The number of hydrogen-bond donors (Lipinski definition) is 2. The van der Waals surface area contributed by atoms with E-state index >= 15 is 0 Å². The Morgan fingerprint density at radius 1 is 1.35 bits per heavy atom. The topological polar surface area (TPSA) is 61.8 Å². The molecule has 1 aromatic rings. The van der Waals surface area contributed by atoms with Crippen LogP contribution < -0.4 is 5.32 Å². The summed E-state index contributed by atoms with van der Waals surface area (Å²) in [5.74, 6) is 0.210. The molecule has 0 spiro atoms. The van der Waals surface area contributed by atoms with Crippen LogP contribution in [0, 0.1) is 5.92 Å². The van der Waals surface area contributed by atoms with E-state index in [9.17, 15) is 9.90 Å². The van der Waals surface area contributed by atoms with Gasteiger partial charge in [-0.2, -0.15) is 0 Å². The number of amides is 1. The van der Waals surface area contributed by atoms with Gasteiger partial charge in [0.2, 0.25) is 0 Å². The fourth-order valence-electron chi connectivity index (χ4n) is 2.86. The zero-order valence-electron chi connectivity index (χ0n) is 14.1. The third-order valence-electron chi connectivity index (χ3n) is 4.05. The van der Waals surface area contributed by atoms with Crippen LogP contribution in [-0.4, -0.2) is 54.9 Å². The maximum atomic E-state index is 12.3. The molecule has 1 fully saturated rings. The van der Waals surface area contributed by atoms with E-state index in [2.05, 4.69) is 16.3 Å². The van der Waals surface area contributed by atoms with Crippen LogP contribution in [0.5, 0.6) is 0 Å². The second kappa shape index (κ2) is 9.01. The van der Waals surface area contributed by atoms with Crippen molar-refractivity contribution in [3.63, 3.8) is 0 Å². The van der Waals surface area contributed by atoms with Crippen molar-refractivity contribution in [2.45, 2.75) is 32.9 Å². The molecule has 5 heteroatoms. The van der Waals surface area contributed by atoms with Gasteiger partial charge in [-0.15, -0.1) is 0 Å². The molecule has 0 saturated carbocycles. The molecule has 1 amide bonds. The third kappa shape index (κ3) is 6.29. The van der Waals surface area contributed by atoms with E-state index < -0.39 is 0 Å². The number of aliphatic hydroxyl groups excluding tert-OH is 1. The smallest absolute Gasteiger partial charge is 0.251 e. The minimum absolute atomic E-state index is 0.0497. The number of carbonyl (C=O) groups is 1. The molecule has 2 rings (SSSR count). The van der Waals surface area contributed by atoms with E-state index in [0.29, 0.717) is 18.5 Å². The molecule has 0 aromatic heterocycles. The zero-order chi connectivity index (χ0) is 16.7. The number of morpholine rings is 1. The maximum Gasteiger partial charge on any atom is 0.251 e. The molecule has 2 atom stereocenters. The van der Waals surface area contributed by atoms with Crippen molar-refractivity contribution in [1.29, 1.82) is 0 Å². The normalized spacial score (nSPS) is 18.4. The van der Waals surface area contributed by atoms with Crippen molar-refractivity contribution in [3.05, 3.63) is 35.4 Å². The monoisotopic (exact) mass is 320 g/mol. The van der Waals surface area contributed by atoms with E-state index in [-0.39, 0.29) is 17.9 Å². The van der Waals surface area contributed by atoms with Gasteiger partial charge in [0.25, 0.3) is 5.91 Å². The summed E-state index contributed by atoms with van der Waals surface area (Å²) in [4.78, 5) is 14.6. The van der Waals surface area contributed by atoms with Crippen molar-refractivity contribution in [2.75, 3.05) is 32.8 Å². The van der Waals surface area contributed by atoms with Gasteiger partial charge in [-0.1, -0.05) is 19.1 Å². The average Bonchev–Trinajstić information content (AvgIpc) is 2.53. The summed E-state index contributed by atoms with van der Waals surface area (Å²) < 4.78 is 5.36. The molecule has 0 bridgehead atoms. The van der Waals surface area contributed by atoms with Gasteiger partial charge < -0.3 is 15.2 Å². The molecular weight excluding hydrogens is 292 g/mol. The van der Waals surface area contributed by atoms with Gasteiger partial charge in [0, 0.05) is 31.7 Å². The van der Waals surface area contributed by atoms with Crippen LogP contribution >= 0.6 is 0 Å². The summed E-state index contributed by atoms with van der Waals surface area (Å²) in [5.41, 5.74) is 1.84. The molecule has 1 aliphatic rings. The Kier molecular flexibility index (Phi) is 7.02. The first kappa shape index (κ1) is 17.9. The first-order valence-electron chi connectivity index (χ1n) is 8.40. The van der Waals surface area contributed by atoms with Crippen molar-refractivity contribution >= 4 is 5.91 Å². The molecule has 2 unspecified atom stereocenters. The highest BCUT2D eigenvalue weighted by molar-refractivity contribution is 5.94. The van der Waals surface area contributed by atoms with Gasteiger partial charge in [0.1, 0.15) is 0 Å². The van der Waals surface area contributed by atoms with Crippen molar-refractivity contribution in [3.8, 4) is 0 Å². The van der Waals surface area contributed by atoms with Gasteiger partial charge in [0.15, 0.2) is 0 Å². The molecule has 1 aliphatic heterocycles. The SMILES string of the molecule is CC(O)CC(C)CNC(=O)c1cccc(CN2CCOCC2)c1. The van der Waals surface area contributed by atoms with E-state index in [1.807, 2.05) is 25.1 Å². The lowest BCUT2D eigenvalue weighted by Crippen LogP contribution is -2.35. The lowest BCUT2D eigenvalue weighted by atomic mass is 10.0. The Morgan fingerprint density at radius 3 is 2.78 bits per heavy atom. The van der Waals surface area contributed by atoms with E-state index in [4.69, 9.17) is 4.74 Å². The van der Waals surface area contributed by atoms with Crippen molar-refractivity contribution in [1.82, 2.24) is 10.2 Å². The third-order valence-corrected chi connectivity index (χ3v) is 4.05. The molecule has 0 aliphatic carbocycles. The summed E-state index contributed by atoms with van der Waals surface area (Å²) in [5, 5.41) is 12.3. The van der Waals surface area contributed by atoms with Crippen molar-refractivity contribution in [2.24, 2.45) is 5.92 Å². The largest absolute Gasteiger partial charge is 0.393 e. The standard InChI is InChI=1S/C18H28N2O3/c1-14(10-15(2)21)12-19-18(22)17-5-3-4-16(11-17)13-20-6-8-23-9-7-20/h3-5,11,14-15,21H,6-10,12-13H2,1-2H3,(H,19,22). The number of ether oxygens (including phenoxy) is 1. The molecule has 0 radical (unpaired) electrons. The first-order valence-corrected chi connectivity index (χ1v) is 8.40. The van der Waals surface area contributed by atoms with Gasteiger partial charge in [-0.3, -0.25) is 9.69 Å². The van der Waals surface area contributed by atoms with Crippen molar-refractivity contribution < 1.29 is 14.6 Å². The van der Waals surface area contributed by atoms with Gasteiger partial charge in [-0.05, 0) is 37.0 Å². The van der Waals surface area contributed by atoms with Crippen LogP contribution in [-0.2, 0) is 11.3 Å². The molecule has 1 heterocycles. The first-order chi connectivity index (χ1) is 11.0. The maximum absolute atomic E-state index is 12.3. The minimum Gasteiger partial charge on any atom is -0.393 e. The zero-order valence-corrected chi connectivity index (χ0v) is 14.1. The highest BCUT2D eigenvalue weighted by Crippen LogP contribution is 2.11. The van der Waals surface area contributed by atoms with Crippen LogP contribution in [0.15, 0.2) is 24.3 Å². The fraction of sp³-hybridized carbons (Fsp3) is 0.611. The molecule has 1 aromatic carbocycles. The predicted octanol–water partition coefficient (Wildman–Crippen LogP) is 1.66. The van der Waals surface area contributed by atoms with Crippen LogP contribution in [0.25, 0.3) is 0 Å². The molecule has 2 N–H and O–H groups in total. The summed E-state index contributed by atoms with van der Waals surface area (Å²) in [6, 6.07) is 7.80.